The number of carbonyl (C=O) groups is 2. The van der Waals surface area contributed by atoms with E-state index in [2.05, 4.69) is 10.6 Å². The van der Waals surface area contributed by atoms with Gasteiger partial charge in [-0.2, -0.15) is 0 Å². The van der Waals surface area contributed by atoms with Crippen molar-refractivity contribution in [3.8, 4) is 0 Å². The second-order valence-corrected chi connectivity index (χ2v) is 6.70. The van der Waals surface area contributed by atoms with Crippen LogP contribution in [-0.4, -0.2) is 18.4 Å². The summed E-state index contributed by atoms with van der Waals surface area (Å²) in [6, 6.07) is 9.87. The van der Waals surface area contributed by atoms with E-state index < -0.39 is 17.1 Å². The van der Waals surface area contributed by atoms with E-state index in [1.54, 1.807) is 12.1 Å². The zero-order valence-electron chi connectivity index (χ0n) is 13.8. The minimum absolute atomic E-state index is 0.101. The van der Waals surface area contributed by atoms with E-state index in [0.717, 1.165) is 11.6 Å². The van der Waals surface area contributed by atoms with E-state index in [1.165, 1.54) is 24.3 Å². The summed E-state index contributed by atoms with van der Waals surface area (Å²) in [5, 5.41) is 5.27. The van der Waals surface area contributed by atoms with Crippen LogP contribution in [0, 0.1) is 17.0 Å². The Kier molecular flexibility index (Phi) is 5.23. The zero-order chi connectivity index (χ0) is 18.7. The zero-order valence-corrected chi connectivity index (χ0v) is 14.6. The molecule has 1 aliphatic rings. The molecule has 0 saturated heterocycles. The van der Waals surface area contributed by atoms with Crippen molar-refractivity contribution in [2.75, 3.05) is 11.9 Å². The van der Waals surface area contributed by atoms with E-state index in [9.17, 15) is 18.4 Å². The molecule has 0 spiro atoms. The van der Waals surface area contributed by atoms with Gasteiger partial charge in [0, 0.05) is 12.2 Å². The molecule has 1 saturated carbocycles. The van der Waals surface area contributed by atoms with E-state index in [-0.39, 0.29) is 16.7 Å². The van der Waals surface area contributed by atoms with Crippen LogP contribution in [0.15, 0.2) is 42.5 Å². The highest BCUT2D eigenvalue weighted by molar-refractivity contribution is 6.31. The van der Waals surface area contributed by atoms with Crippen LogP contribution in [0.3, 0.4) is 0 Å². The van der Waals surface area contributed by atoms with Crippen molar-refractivity contribution in [3.63, 3.8) is 0 Å². The summed E-state index contributed by atoms with van der Waals surface area (Å²) in [7, 11) is 0. The van der Waals surface area contributed by atoms with Gasteiger partial charge in [-0.1, -0.05) is 23.7 Å². The molecule has 0 radical (unpaired) electrons. The Morgan fingerprint density at radius 3 is 2.35 bits per heavy atom. The smallest absolute Gasteiger partial charge is 0.240 e. The average Bonchev–Trinajstić information content (AvgIpc) is 3.42. The lowest BCUT2D eigenvalue weighted by Crippen LogP contribution is -2.40. The lowest BCUT2D eigenvalue weighted by Gasteiger charge is -2.15. The van der Waals surface area contributed by atoms with Crippen molar-refractivity contribution >= 4 is 29.1 Å². The van der Waals surface area contributed by atoms with Gasteiger partial charge in [-0.15, -0.1) is 0 Å². The Bertz CT molecular complexity index is 836. The Labute approximate surface area is 154 Å². The van der Waals surface area contributed by atoms with Crippen LogP contribution in [0.2, 0.25) is 5.02 Å². The molecule has 7 heteroatoms. The number of hydrogen-bond donors (Lipinski definition) is 2. The minimum Gasteiger partial charge on any atom is -0.355 e. The third-order valence-electron chi connectivity index (χ3n) is 4.41. The monoisotopic (exact) mass is 378 g/mol. The summed E-state index contributed by atoms with van der Waals surface area (Å²) in [6.07, 6.45) is 1.45. The number of amides is 2. The Morgan fingerprint density at radius 1 is 1.04 bits per heavy atom. The molecule has 4 nitrogen and oxygen atoms in total. The molecule has 2 aromatic rings. The molecule has 3 rings (SSSR count). The van der Waals surface area contributed by atoms with Crippen molar-refractivity contribution in [1.82, 2.24) is 5.32 Å². The van der Waals surface area contributed by atoms with E-state index >= 15 is 0 Å². The first-order chi connectivity index (χ1) is 12.4. The van der Waals surface area contributed by atoms with Crippen molar-refractivity contribution in [3.05, 3.63) is 64.7 Å². The molecule has 1 aliphatic carbocycles. The normalized spacial score (nSPS) is 14.6. The molecule has 2 amide bonds. The molecule has 0 unspecified atom stereocenters. The summed E-state index contributed by atoms with van der Waals surface area (Å²) in [5.41, 5.74) is 0.137. The molecule has 1 fully saturated rings. The summed E-state index contributed by atoms with van der Waals surface area (Å²) < 4.78 is 26.1. The Balaban J connectivity index is 1.55. The van der Waals surface area contributed by atoms with Gasteiger partial charge in [-0.25, -0.2) is 8.78 Å². The van der Waals surface area contributed by atoms with Gasteiger partial charge in [0.15, 0.2) is 0 Å². The lowest BCUT2D eigenvalue weighted by molar-refractivity contribution is -0.134. The average molecular weight is 379 g/mol. The molecule has 0 aromatic heterocycles. The van der Waals surface area contributed by atoms with Gasteiger partial charge in [0.2, 0.25) is 11.8 Å². The fourth-order valence-electron chi connectivity index (χ4n) is 2.65. The van der Waals surface area contributed by atoms with Gasteiger partial charge in [0.25, 0.3) is 0 Å². The summed E-state index contributed by atoms with van der Waals surface area (Å²) in [4.78, 5) is 24.9. The van der Waals surface area contributed by atoms with Crippen LogP contribution < -0.4 is 10.6 Å². The number of rotatable bonds is 6. The lowest BCUT2D eigenvalue weighted by atomic mass is 10.0. The van der Waals surface area contributed by atoms with Crippen molar-refractivity contribution in [1.29, 1.82) is 0 Å². The van der Waals surface area contributed by atoms with Gasteiger partial charge < -0.3 is 10.6 Å². The Morgan fingerprint density at radius 2 is 1.73 bits per heavy atom. The molecule has 136 valence electrons. The van der Waals surface area contributed by atoms with Gasteiger partial charge in [-0.05, 0) is 55.2 Å². The van der Waals surface area contributed by atoms with Crippen molar-refractivity contribution in [2.45, 2.75) is 19.3 Å². The van der Waals surface area contributed by atoms with Crippen LogP contribution in [0.1, 0.15) is 18.4 Å². The van der Waals surface area contributed by atoms with Gasteiger partial charge in [0.05, 0.1) is 5.02 Å². The highest BCUT2D eigenvalue weighted by atomic mass is 35.5. The third kappa shape index (κ3) is 4.02. The van der Waals surface area contributed by atoms with Crippen LogP contribution in [0.5, 0.6) is 0 Å². The fourth-order valence-corrected chi connectivity index (χ4v) is 2.83. The van der Waals surface area contributed by atoms with E-state index in [0.29, 0.717) is 31.5 Å². The summed E-state index contributed by atoms with van der Waals surface area (Å²) in [6.45, 7) is 0.349. The molecular formula is C19H17ClF2N2O2. The molecule has 0 bridgehead atoms. The summed E-state index contributed by atoms with van der Waals surface area (Å²) >= 11 is 5.70. The number of carbonyl (C=O) groups excluding carboxylic acids is 2. The van der Waals surface area contributed by atoms with Gasteiger partial charge >= 0.3 is 0 Å². The molecule has 2 aromatic carbocycles. The number of halogens is 3. The number of nitrogens with one attached hydrogen (secondary N) is 2. The maximum absolute atomic E-state index is 13.2. The van der Waals surface area contributed by atoms with Crippen LogP contribution in [0.4, 0.5) is 14.5 Å². The predicted molar refractivity (Wildman–Crippen MR) is 94.8 cm³/mol. The van der Waals surface area contributed by atoms with Crippen molar-refractivity contribution in [2.24, 2.45) is 5.41 Å². The van der Waals surface area contributed by atoms with Gasteiger partial charge in [0.1, 0.15) is 17.0 Å². The molecule has 0 atom stereocenters. The molecular weight excluding hydrogens is 362 g/mol. The maximum Gasteiger partial charge on any atom is 0.240 e. The summed E-state index contributed by atoms with van der Waals surface area (Å²) in [5.74, 6) is -1.67. The molecule has 26 heavy (non-hydrogen) atoms. The van der Waals surface area contributed by atoms with Crippen LogP contribution >= 0.6 is 11.6 Å². The first kappa shape index (κ1) is 18.3. The van der Waals surface area contributed by atoms with Gasteiger partial charge in [-0.3, -0.25) is 9.59 Å². The van der Waals surface area contributed by atoms with Crippen LogP contribution in [-0.2, 0) is 16.0 Å². The molecule has 2 N–H and O–H groups in total. The first-order valence-electron chi connectivity index (χ1n) is 8.20. The quantitative estimate of drug-likeness (QED) is 0.753. The second-order valence-electron chi connectivity index (χ2n) is 6.30. The minimum atomic E-state index is -1.09. The van der Waals surface area contributed by atoms with Crippen LogP contribution in [0.25, 0.3) is 0 Å². The highest BCUT2D eigenvalue weighted by Gasteiger charge is 2.56. The SMILES string of the molecule is O=C(NCCc1ccc(F)cc1)C1(C(=O)Nc2ccc(F)c(Cl)c2)CC1. The Hall–Kier alpha value is -2.47. The molecule has 0 aliphatic heterocycles. The molecule has 0 heterocycles. The number of anilines is 1. The number of hydrogen-bond acceptors (Lipinski definition) is 2. The van der Waals surface area contributed by atoms with E-state index in [1.807, 2.05) is 0 Å². The van der Waals surface area contributed by atoms with Crippen molar-refractivity contribution < 1.29 is 18.4 Å². The highest BCUT2D eigenvalue weighted by Crippen LogP contribution is 2.46. The standard InChI is InChI=1S/C19H17ClF2N2O2/c20-15-11-14(5-6-16(15)22)24-18(26)19(8-9-19)17(25)23-10-7-12-1-3-13(21)4-2-12/h1-6,11H,7-10H2,(H,23,25)(H,24,26). The van der Waals surface area contributed by atoms with E-state index in [4.69, 9.17) is 11.6 Å². The fraction of sp³-hybridized carbons (Fsp3) is 0.263. The maximum atomic E-state index is 13.2. The topological polar surface area (TPSA) is 58.2 Å². The largest absolute Gasteiger partial charge is 0.355 e. The second kappa shape index (κ2) is 7.41. The first-order valence-corrected chi connectivity index (χ1v) is 8.58. The number of benzene rings is 2. The predicted octanol–water partition coefficient (Wildman–Crippen LogP) is 3.70. The third-order valence-corrected chi connectivity index (χ3v) is 4.70.